The zero-order valence-corrected chi connectivity index (χ0v) is 16.7. The predicted molar refractivity (Wildman–Crippen MR) is 110 cm³/mol. The van der Waals surface area contributed by atoms with Gasteiger partial charge in [0.1, 0.15) is 0 Å². The van der Waals surface area contributed by atoms with E-state index in [-0.39, 0.29) is 6.03 Å². The van der Waals surface area contributed by atoms with Crippen LogP contribution in [0.5, 0.6) is 0 Å². The van der Waals surface area contributed by atoms with E-state index in [0.29, 0.717) is 10.9 Å². The molecule has 2 aliphatic rings. The maximum atomic E-state index is 12.9. The van der Waals surface area contributed by atoms with Gasteiger partial charge in [0, 0.05) is 43.4 Å². The Kier molecular flexibility index (Phi) is 7.99. The minimum absolute atomic E-state index is 0.0335. The van der Waals surface area contributed by atoms with E-state index in [9.17, 15) is 4.79 Å². The fraction of sp³-hybridized carbons (Fsp3) is 0.571. The quantitative estimate of drug-likeness (QED) is 0.706. The van der Waals surface area contributed by atoms with Crippen molar-refractivity contribution in [1.29, 1.82) is 0 Å². The molecule has 1 aromatic rings. The molecule has 0 saturated carbocycles. The molecule has 1 N–H and O–H groups in total. The van der Waals surface area contributed by atoms with E-state index >= 15 is 0 Å². The van der Waals surface area contributed by atoms with Crippen molar-refractivity contribution in [3.63, 3.8) is 0 Å². The molecule has 148 valence electrons. The molecule has 0 unspecified atom stereocenters. The van der Waals surface area contributed by atoms with Crippen LogP contribution in [0.2, 0.25) is 5.02 Å². The van der Waals surface area contributed by atoms with Crippen molar-refractivity contribution < 1.29 is 9.53 Å². The molecule has 0 radical (unpaired) electrons. The molecule has 1 atom stereocenters. The molecule has 1 aliphatic heterocycles. The minimum atomic E-state index is -0.0335. The van der Waals surface area contributed by atoms with Crippen molar-refractivity contribution in [3.8, 4) is 0 Å². The van der Waals surface area contributed by atoms with E-state index in [0.717, 1.165) is 77.3 Å². The molecule has 0 bridgehead atoms. The average molecular weight is 392 g/mol. The molecule has 6 heteroatoms. The summed E-state index contributed by atoms with van der Waals surface area (Å²) in [6.07, 6.45) is 8.79. The number of hydrogen-bond donors (Lipinski definition) is 1. The molecular weight excluding hydrogens is 362 g/mol. The number of morpholine rings is 1. The van der Waals surface area contributed by atoms with Crippen LogP contribution in [-0.4, -0.2) is 61.8 Å². The molecule has 1 heterocycles. The van der Waals surface area contributed by atoms with E-state index in [4.69, 9.17) is 16.3 Å². The Labute approximate surface area is 167 Å². The second kappa shape index (κ2) is 10.7. The van der Waals surface area contributed by atoms with E-state index in [2.05, 4.69) is 22.4 Å². The summed E-state index contributed by atoms with van der Waals surface area (Å²) >= 11 is 6.04. The van der Waals surface area contributed by atoms with Crippen LogP contribution in [0.25, 0.3) is 0 Å². The van der Waals surface area contributed by atoms with Crippen molar-refractivity contribution >= 4 is 23.3 Å². The van der Waals surface area contributed by atoms with Crippen LogP contribution in [0.15, 0.2) is 36.4 Å². The van der Waals surface area contributed by atoms with Crippen LogP contribution in [-0.2, 0) is 4.74 Å². The number of nitrogens with zero attached hydrogens (tertiary/aromatic N) is 2. The highest BCUT2D eigenvalue weighted by molar-refractivity contribution is 6.30. The Hall–Kier alpha value is -1.56. The Bertz CT molecular complexity index is 632. The zero-order valence-electron chi connectivity index (χ0n) is 15.9. The molecule has 1 aromatic carbocycles. The Morgan fingerprint density at radius 3 is 2.89 bits per heavy atom. The summed E-state index contributed by atoms with van der Waals surface area (Å²) in [5.41, 5.74) is 0.745. The number of carbonyl (C=O) groups is 1. The van der Waals surface area contributed by atoms with Crippen LogP contribution in [0.4, 0.5) is 10.5 Å². The van der Waals surface area contributed by atoms with Gasteiger partial charge in [-0.15, -0.1) is 0 Å². The van der Waals surface area contributed by atoms with Crippen molar-refractivity contribution in [2.75, 3.05) is 51.3 Å². The minimum Gasteiger partial charge on any atom is -0.379 e. The summed E-state index contributed by atoms with van der Waals surface area (Å²) in [7, 11) is 0. The maximum Gasteiger partial charge on any atom is 0.321 e. The SMILES string of the molecule is O=C(Nc1cccc(Cl)c1)N(CCCN1CCOCC1)C[C@@H]1CC=CCC1. The van der Waals surface area contributed by atoms with Gasteiger partial charge in [-0.1, -0.05) is 29.8 Å². The number of allylic oxidation sites excluding steroid dienone is 2. The largest absolute Gasteiger partial charge is 0.379 e. The lowest BCUT2D eigenvalue weighted by Gasteiger charge is -2.30. The van der Waals surface area contributed by atoms with Crippen LogP contribution >= 0.6 is 11.6 Å². The van der Waals surface area contributed by atoms with Crippen molar-refractivity contribution in [2.24, 2.45) is 5.92 Å². The first kappa shape index (κ1) is 20.2. The van der Waals surface area contributed by atoms with Gasteiger partial charge in [-0.25, -0.2) is 4.79 Å². The van der Waals surface area contributed by atoms with E-state index in [1.54, 1.807) is 6.07 Å². The Morgan fingerprint density at radius 2 is 2.15 bits per heavy atom. The maximum absolute atomic E-state index is 12.9. The molecule has 1 aliphatic carbocycles. The average Bonchev–Trinajstić information content (AvgIpc) is 2.69. The molecule has 2 amide bonds. The Balaban J connectivity index is 1.55. The molecule has 1 saturated heterocycles. The number of anilines is 1. The highest BCUT2D eigenvalue weighted by atomic mass is 35.5. The number of amides is 2. The number of hydrogen-bond acceptors (Lipinski definition) is 3. The van der Waals surface area contributed by atoms with E-state index < -0.39 is 0 Å². The molecule has 27 heavy (non-hydrogen) atoms. The first-order chi connectivity index (χ1) is 13.2. The molecule has 0 aromatic heterocycles. The third-order valence-electron chi connectivity index (χ3n) is 5.23. The summed E-state index contributed by atoms with van der Waals surface area (Å²) < 4.78 is 5.41. The highest BCUT2D eigenvalue weighted by Crippen LogP contribution is 2.21. The molecule has 0 spiro atoms. The fourth-order valence-electron chi connectivity index (χ4n) is 3.69. The lowest BCUT2D eigenvalue weighted by Crippen LogP contribution is -2.42. The van der Waals surface area contributed by atoms with Crippen molar-refractivity contribution in [2.45, 2.75) is 25.7 Å². The number of nitrogens with one attached hydrogen (secondary N) is 1. The first-order valence-electron chi connectivity index (χ1n) is 9.97. The number of urea groups is 1. The third kappa shape index (κ3) is 6.83. The van der Waals surface area contributed by atoms with Gasteiger partial charge in [0.05, 0.1) is 13.2 Å². The van der Waals surface area contributed by atoms with Crippen LogP contribution in [0, 0.1) is 5.92 Å². The van der Waals surface area contributed by atoms with Gasteiger partial charge in [0.25, 0.3) is 0 Å². The third-order valence-corrected chi connectivity index (χ3v) is 5.46. The smallest absolute Gasteiger partial charge is 0.321 e. The van der Waals surface area contributed by atoms with Gasteiger partial charge in [-0.2, -0.15) is 0 Å². The number of carbonyl (C=O) groups excluding carboxylic acids is 1. The first-order valence-corrected chi connectivity index (χ1v) is 10.3. The molecule has 3 rings (SSSR count). The van der Waals surface area contributed by atoms with Gasteiger partial charge in [-0.3, -0.25) is 4.90 Å². The topological polar surface area (TPSA) is 44.8 Å². The number of halogens is 1. The second-order valence-corrected chi connectivity index (χ2v) is 7.78. The Morgan fingerprint density at radius 1 is 1.30 bits per heavy atom. The molecule has 5 nitrogen and oxygen atoms in total. The normalized spacial score (nSPS) is 20.4. The predicted octanol–water partition coefficient (Wildman–Crippen LogP) is 4.25. The van der Waals surface area contributed by atoms with Gasteiger partial charge >= 0.3 is 6.03 Å². The summed E-state index contributed by atoms with van der Waals surface area (Å²) in [5.74, 6) is 0.545. The lowest BCUT2D eigenvalue weighted by atomic mass is 9.94. The summed E-state index contributed by atoms with van der Waals surface area (Å²) in [6.45, 7) is 6.18. The van der Waals surface area contributed by atoms with Crippen molar-refractivity contribution in [3.05, 3.63) is 41.4 Å². The van der Waals surface area contributed by atoms with Crippen LogP contribution < -0.4 is 5.32 Å². The summed E-state index contributed by atoms with van der Waals surface area (Å²) in [6, 6.07) is 7.29. The lowest BCUT2D eigenvalue weighted by molar-refractivity contribution is 0.0364. The monoisotopic (exact) mass is 391 g/mol. The zero-order chi connectivity index (χ0) is 18.9. The highest BCUT2D eigenvalue weighted by Gasteiger charge is 2.20. The second-order valence-electron chi connectivity index (χ2n) is 7.34. The standard InChI is InChI=1S/C21H30ClN3O2/c22-19-8-4-9-20(16-19)23-21(26)25(17-18-6-2-1-3-7-18)11-5-10-24-12-14-27-15-13-24/h1-2,4,8-9,16,18H,3,5-7,10-15,17H2,(H,23,26)/t18-/m1/s1. The number of ether oxygens (including phenoxy) is 1. The van der Waals surface area contributed by atoms with E-state index in [1.165, 1.54) is 0 Å². The van der Waals surface area contributed by atoms with Gasteiger partial charge in [0.2, 0.25) is 0 Å². The number of benzene rings is 1. The van der Waals surface area contributed by atoms with Crippen molar-refractivity contribution in [1.82, 2.24) is 9.80 Å². The van der Waals surface area contributed by atoms with Gasteiger partial charge < -0.3 is 15.0 Å². The van der Waals surface area contributed by atoms with Gasteiger partial charge in [0.15, 0.2) is 0 Å². The van der Waals surface area contributed by atoms with Gasteiger partial charge in [-0.05, 0) is 49.8 Å². The summed E-state index contributed by atoms with van der Waals surface area (Å²) in [5, 5.41) is 3.64. The van der Waals surface area contributed by atoms with Crippen LogP contribution in [0.3, 0.4) is 0 Å². The van der Waals surface area contributed by atoms with E-state index in [1.807, 2.05) is 23.1 Å². The molecular formula is C21H30ClN3O2. The van der Waals surface area contributed by atoms with Crippen LogP contribution in [0.1, 0.15) is 25.7 Å². The molecule has 1 fully saturated rings. The fourth-order valence-corrected chi connectivity index (χ4v) is 3.88. The number of rotatable bonds is 7. The summed E-state index contributed by atoms with van der Waals surface area (Å²) in [4.78, 5) is 17.3.